The molecule has 20 heavy (non-hydrogen) atoms. The summed E-state index contributed by atoms with van der Waals surface area (Å²) in [7, 11) is 0. The lowest BCUT2D eigenvalue weighted by molar-refractivity contribution is 0.174. The fourth-order valence-corrected chi connectivity index (χ4v) is 1.94. The van der Waals surface area contributed by atoms with Gasteiger partial charge in [0.05, 0.1) is 6.21 Å². The molecular formula is C10H10BrClN6O2. The summed E-state index contributed by atoms with van der Waals surface area (Å²) in [5.74, 6) is 7.27. The van der Waals surface area contributed by atoms with E-state index in [0.29, 0.717) is 17.4 Å². The first-order chi connectivity index (χ1) is 9.24. The molecule has 3 rings (SSSR count). The summed E-state index contributed by atoms with van der Waals surface area (Å²) in [6.45, 7) is 0.233. The van der Waals surface area contributed by atoms with Crippen LogP contribution < -0.4 is 20.7 Å². The van der Waals surface area contributed by atoms with Gasteiger partial charge in [0.1, 0.15) is 6.33 Å². The van der Waals surface area contributed by atoms with Crippen LogP contribution in [0.1, 0.15) is 5.56 Å². The lowest BCUT2D eigenvalue weighted by Crippen LogP contribution is -2.10. The van der Waals surface area contributed by atoms with E-state index in [0.717, 1.165) is 10.0 Å². The molecule has 1 aromatic carbocycles. The van der Waals surface area contributed by atoms with E-state index < -0.39 is 0 Å². The minimum Gasteiger partial charge on any atom is -0.454 e. The van der Waals surface area contributed by atoms with Crippen LogP contribution in [0.3, 0.4) is 0 Å². The van der Waals surface area contributed by atoms with Gasteiger partial charge in [-0.2, -0.15) is 5.10 Å². The van der Waals surface area contributed by atoms with Crippen LogP contribution in [0.5, 0.6) is 11.5 Å². The van der Waals surface area contributed by atoms with E-state index in [-0.39, 0.29) is 19.2 Å². The van der Waals surface area contributed by atoms with Crippen molar-refractivity contribution in [2.75, 3.05) is 18.1 Å². The second-order valence-electron chi connectivity index (χ2n) is 3.66. The molecule has 0 saturated carbocycles. The summed E-state index contributed by atoms with van der Waals surface area (Å²) in [5.41, 5.74) is 3.51. The van der Waals surface area contributed by atoms with Crippen molar-refractivity contribution in [1.82, 2.24) is 14.9 Å². The first-order valence-corrected chi connectivity index (χ1v) is 6.06. The van der Waals surface area contributed by atoms with Crippen molar-refractivity contribution in [3.8, 4) is 11.5 Å². The van der Waals surface area contributed by atoms with Gasteiger partial charge in [0, 0.05) is 10.0 Å². The molecule has 8 nitrogen and oxygen atoms in total. The average Bonchev–Trinajstić information content (AvgIpc) is 2.99. The van der Waals surface area contributed by atoms with E-state index in [1.165, 1.54) is 11.0 Å². The van der Waals surface area contributed by atoms with Crippen LogP contribution in [0.15, 0.2) is 28.0 Å². The maximum absolute atomic E-state index is 5.53. The Morgan fingerprint density at radius 1 is 1.40 bits per heavy atom. The standard InChI is InChI=1S/C10H9BrN6O2.ClH/c11-7-2-9-8(18-5-19-9)1-6(7)3-13-15-10-16-14-4-17(10)12;/h1-4H,5,12H2,(H,15,16);1H/b13-3-;. The molecule has 1 aromatic heterocycles. The third kappa shape index (κ3) is 2.78. The number of rotatable bonds is 3. The maximum Gasteiger partial charge on any atom is 0.263 e. The van der Waals surface area contributed by atoms with E-state index in [1.54, 1.807) is 6.21 Å². The van der Waals surface area contributed by atoms with E-state index in [2.05, 4.69) is 36.7 Å². The molecular weight excluding hydrogens is 352 g/mol. The zero-order valence-electron chi connectivity index (χ0n) is 9.99. The van der Waals surface area contributed by atoms with Gasteiger partial charge in [0.2, 0.25) is 6.79 Å². The molecule has 0 unspecified atom stereocenters. The SMILES string of the molecule is Cl.Nn1cnnc1N/N=C\c1cc2c(cc1Br)OCO2. The molecule has 0 radical (unpaired) electrons. The Bertz CT molecular complexity index is 647. The highest BCUT2D eigenvalue weighted by Gasteiger charge is 2.15. The fraction of sp³-hybridized carbons (Fsp3) is 0.100. The molecule has 1 aliphatic heterocycles. The summed E-state index contributed by atoms with van der Waals surface area (Å²) in [4.78, 5) is 0. The number of fused-ring (bicyclic) bond motifs is 1. The van der Waals surface area contributed by atoms with Gasteiger partial charge in [-0.25, -0.2) is 10.1 Å². The van der Waals surface area contributed by atoms with E-state index in [1.807, 2.05) is 12.1 Å². The van der Waals surface area contributed by atoms with Gasteiger partial charge < -0.3 is 15.3 Å². The third-order valence-corrected chi connectivity index (χ3v) is 3.12. The number of anilines is 1. The van der Waals surface area contributed by atoms with Gasteiger partial charge in [-0.05, 0) is 28.1 Å². The predicted molar refractivity (Wildman–Crippen MR) is 78.9 cm³/mol. The lowest BCUT2D eigenvalue weighted by Gasteiger charge is -2.02. The highest BCUT2D eigenvalue weighted by atomic mass is 79.9. The van der Waals surface area contributed by atoms with E-state index >= 15 is 0 Å². The summed E-state index contributed by atoms with van der Waals surface area (Å²) in [5, 5.41) is 11.4. The quantitative estimate of drug-likeness (QED) is 0.486. The number of ether oxygens (including phenoxy) is 2. The second-order valence-corrected chi connectivity index (χ2v) is 4.51. The van der Waals surface area contributed by atoms with Gasteiger partial charge >= 0.3 is 0 Å². The van der Waals surface area contributed by atoms with Crippen molar-refractivity contribution in [2.45, 2.75) is 0 Å². The summed E-state index contributed by atoms with van der Waals surface area (Å²) >= 11 is 3.43. The van der Waals surface area contributed by atoms with Crippen molar-refractivity contribution in [1.29, 1.82) is 0 Å². The predicted octanol–water partition coefficient (Wildman–Crippen LogP) is 1.35. The van der Waals surface area contributed by atoms with Crippen LogP contribution in [-0.4, -0.2) is 27.9 Å². The molecule has 0 amide bonds. The minimum atomic E-state index is 0. The number of aromatic nitrogens is 3. The average molecular weight is 362 g/mol. The Morgan fingerprint density at radius 3 is 2.85 bits per heavy atom. The van der Waals surface area contributed by atoms with Crippen LogP contribution in [0.2, 0.25) is 0 Å². The number of halogens is 2. The Morgan fingerprint density at radius 2 is 2.15 bits per heavy atom. The number of nitrogens with one attached hydrogen (secondary N) is 1. The number of hydrogen-bond donors (Lipinski definition) is 2. The monoisotopic (exact) mass is 360 g/mol. The highest BCUT2D eigenvalue weighted by Crippen LogP contribution is 2.36. The number of hydrogen-bond acceptors (Lipinski definition) is 7. The van der Waals surface area contributed by atoms with Crippen LogP contribution in [0, 0.1) is 0 Å². The number of benzene rings is 1. The molecule has 2 heterocycles. The van der Waals surface area contributed by atoms with Crippen molar-refractivity contribution in [3.05, 3.63) is 28.5 Å². The molecule has 0 spiro atoms. The zero-order chi connectivity index (χ0) is 13.2. The smallest absolute Gasteiger partial charge is 0.263 e. The molecule has 0 atom stereocenters. The Hall–Kier alpha value is -2.00. The maximum atomic E-state index is 5.53. The summed E-state index contributed by atoms with van der Waals surface area (Å²) in [6.07, 6.45) is 2.98. The largest absolute Gasteiger partial charge is 0.454 e. The summed E-state index contributed by atoms with van der Waals surface area (Å²) in [6, 6.07) is 3.65. The molecule has 10 heteroatoms. The van der Waals surface area contributed by atoms with E-state index in [9.17, 15) is 0 Å². The van der Waals surface area contributed by atoms with Gasteiger partial charge in [-0.15, -0.1) is 22.6 Å². The first-order valence-electron chi connectivity index (χ1n) is 5.27. The van der Waals surface area contributed by atoms with Gasteiger partial charge in [0.25, 0.3) is 5.95 Å². The van der Waals surface area contributed by atoms with Gasteiger partial charge in [-0.1, -0.05) is 0 Å². The topological polar surface area (TPSA) is 99.6 Å². The summed E-state index contributed by atoms with van der Waals surface area (Å²) < 4.78 is 12.6. The molecule has 0 saturated heterocycles. The van der Waals surface area contributed by atoms with E-state index in [4.69, 9.17) is 15.3 Å². The number of nitrogen functional groups attached to an aromatic ring is 1. The highest BCUT2D eigenvalue weighted by molar-refractivity contribution is 9.10. The molecule has 0 fully saturated rings. The molecule has 2 aromatic rings. The molecule has 3 N–H and O–H groups in total. The van der Waals surface area contributed by atoms with Crippen molar-refractivity contribution >= 4 is 40.5 Å². The van der Waals surface area contributed by atoms with Crippen molar-refractivity contribution in [2.24, 2.45) is 5.10 Å². The Labute approximate surface area is 128 Å². The van der Waals surface area contributed by atoms with Gasteiger partial charge in [0.15, 0.2) is 11.5 Å². The first kappa shape index (κ1) is 14.4. The number of nitrogens with two attached hydrogens (primary N) is 1. The van der Waals surface area contributed by atoms with Crippen molar-refractivity contribution in [3.63, 3.8) is 0 Å². The van der Waals surface area contributed by atoms with Crippen molar-refractivity contribution < 1.29 is 9.47 Å². The second kappa shape index (κ2) is 5.97. The molecule has 0 aliphatic carbocycles. The normalized spacial score (nSPS) is 12.4. The zero-order valence-corrected chi connectivity index (χ0v) is 12.4. The molecule has 106 valence electrons. The van der Waals surface area contributed by atoms with Crippen LogP contribution >= 0.6 is 28.3 Å². The van der Waals surface area contributed by atoms with Crippen LogP contribution in [-0.2, 0) is 0 Å². The number of nitrogens with zero attached hydrogens (tertiary/aromatic N) is 4. The number of hydrazone groups is 1. The Kier molecular flexibility index (Phi) is 4.30. The lowest BCUT2D eigenvalue weighted by atomic mass is 10.2. The molecule has 1 aliphatic rings. The molecule has 0 bridgehead atoms. The van der Waals surface area contributed by atoms with Gasteiger partial charge in [-0.3, -0.25) is 0 Å². The van der Waals surface area contributed by atoms with Crippen LogP contribution in [0.25, 0.3) is 0 Å². The fourth-order valence-electron chi connectivity index (χ4n) is 1.51. The van der Waals surface area contributed by atoms with Crippen LogP contribution in [0.4, 0.5) is 5.95 Å². The Balaban J connectivity index is 0.00000147. The minimum absolute atomic E-state index is 0. The third-order valence-electron chi connectivity index (χ3n) is 2.43.